The summed E-state index contributed by atoms with van der Waals surface area (Å²) in [4.78, 5) is 0. The lowest BCUT2D eigenvalue weighted by Crippen LogP contribution is -1.95. The van der Waals surface area contributed by atoms with E-state index < -0.39 is 0 Å². The highest BCUT2D eigenvalue weighted by atomic mass is 14.5. The first-order chi connectivity index (χ1) is 3.57. The first-order valence-corrected chi connectivity index (χ1v) is 3.23. The topological polar surface area (TPSA) is 0 Å². The molecule has 0 heterocycles. The molecule has 1 fully saturated rings. The first kappa shape index (κ1) is 5.87. The first-order valence-electron chi connectivity index (χ1n) is 3.23. The summed E-state index contributed by atoms with van der Waals surface area (Å²) in [6.45, 7) is 10.6. The quantitative estimate of drug-likeness (QED) is 0.455. The lowest BCUT2D eigenvalue weighted by molar-refractivity contribution is 0.622. The van der Waals surface area contributed by atoms with Gasteiger partial charge in [-0.15, -0.1) is 0 Å². The van der Waals surface area contributed by atoms with Gasteiger partial charge in [0.05, 0.1) is 0 Å². The van der Waals surface area contributed by atoms with Crippen LogP contribution >= 0.6 is 0 Å². The number of allylic oxidation sites excluding steroid dienone is 1. The van der Waals surface area contributed by atoms with Crippen molar-refractivity contribution in [3.8, 4) is 0 Å². The van der Waals surface area contributed by atoms with Crippen LogP contribution in [0.3, 0.4) is 0 Å². The molecule has 1 rings (SSSR count). The van der Waals surface area contributed by atoms with Gasteiger partial charge in [0.25, 0.3) is 0 Å². The third-order valence-electron chi connectivity index (χ3n) is 2.63. The molecule has 0 N–H and O–H groups in total. The van der Waals surface area contributed by atoms with Gasteiger partial charge in [-0.3, -0.25) is 0 Å². The molecule has 0 bridgehead atoms. The summed E-state index contributed by atoms with van der Waals surface area (Å²) in [6, 6.07) is 0. The highest BCUT2D eigenvalue weighted by molar-refractivity contribution is 5.17. The molecule has 0 nitrogen and oxygen atoms in total. The fourth-order valence-corrected chi connectivity index (χ4v) is 1.17. The lowest BCUT2D eigenvalue weighted by atomic mass is 9.99. The minimum absolute atomic E-state index is 0.514. The fourth-order valence-electron chi connectivity index (χ4n) is 1.17. The Morgan fingerprint density at radius 2 is 2.12 bits per heavy atom. The molecule has 2 unspecified atom stereocenters. The molecule has 0 spiro atoms. The van der Waals surface area contributed by atoms with E-state index in [0.29, 0.717) is 5.41 Å². The maximum absolute atomic E-state index is 3.94. The van der Waals surface area contributed by atoms with Crippen LogP contribution in [0.5, 0.6) is 0 Å². The second kappa shape index (κ2) is 1.37. The molecule has 0 aromatic heterocycles. The van der Waals surface area contributed by atoms with E-state index in [9.17, 15) is 0 Å². The van der Waals surface area contributed by atoms with Crippen molar-refractivity contribution in [2.45, 2.75) is 27.2 Å². The summed E-state index contributed by atoms with van der Waals surface area (Å²) in [6.07, 6.45) is 1.35. The SMILES string of the molecule is C=C(C)C1(C)CC1C. The van der Waals surface area contributed by atoms with Gasteiger partial charge in [0, 0.05) is 0 Å². The Kier molecular flexibility index (Phi) is 1.00. The van der Waals surface area contributed by atoms with E-state index in [0.717, 1.165) is 5.92 Å². The number of hydrogen-bond acceptors (Lipinski definition) is 0. The second-order valence-corrected chi connectivity index (χ2v) is 3.30. The molecule has 0 aromatic carbocycles. The Labute approximate surface area is 51.6 Å². The Balaban J connectivity index is 2.60. The molecule has 0 aliphatic heterocycles. The third-order valence-corrected chi connectivity index (χ3v) is 2.63. The molecular weight excluding hydrogens is 96.1 g/mol. The van der Waals surface area contributed by atoms with Gasteiger partial charge in [0.2, 0.25) is 0 Å². The predicted octanol–water partition coefficient (Wildman–Crippen LogP) is 2.61. The summed E-state index contributed by atoms with van der Waals surface area (Å²) in [5, 5.41) is 0. The van der Waals surface area contributed by atoms with Gasteiger partial charge >= 0.3 is 0 Å². The zero-order chi connectivity index (χ0) is 6.36. The van der Waals surface area contributed by atoms with Crippen LogP contribution < -0.4 is 0 Å². The number of rotatable bonds is 1. The lowest BCUT2D eigenvalue weighted by Gasteiger charge is -2.06. The van der Waals surface area contributed by atoms with E-state index in [4.69, 9.17) is 0 Å². The van der Waals surface area contributed by atoms with Gasteiger partial charge in [-0.2, -0.15) is 0 Å². The minimum atomic E-state index is 0.514. The molecule has 0 radical (unpaired) electrons. The van der Waals surface area contributed by atoms with Crippen molar-refractivity contribution in [1.29, 1.82) is 0 Å². The van der Waals surface area contributed by atoms with Gasteiger partial charge in [-0.05, 0) is 24.7 Å². The van der Waals surface area contributed by atoms with Crippen molar-refractivity contribution >= 4 is 0 Å². The average molecular weight is 110 g/mol. The van der Waals surface area contributed by atoms with Gasteiger partial charge in [-0.1, -0.05) is 26.0 Å². The normalized spacial score (nSPS) is 44.1. The van der Waals surface area contributed by atoms with Crippen molar-refractivity contribution in [3.05, 3.63) is 12.2 Å². The summed E-state index contributed by atoms with van der Waals surface area (Å²) >= 11 is 0. The average Bonchev–Trinajstić information content (AvgIpc) is 2.17. The van der Waals surface area contributed by atoms with E-state index >= 15 is 0 Å². The van der Waals surface area contributed by atoms with E-state index in [1.54, 1.807) is 0 Å². The molecule has 0 heteroatoms. The molecule has 0 saturated heterocycles. The standard InChI is InChI=1S/C8H14/c1-6(2)8(4)5-7(8)3/h7H,1,5H2,2-4H3. The van der Waals surface area contributed by atoms with Crippen LogP contribution in [-0.4, -0.2) is 0 Å². The summed E-state index contributed by atoms with van der Waals surface area (Å²) in [7, 11) is 0. The summed E-state index contributed by atoms with van der Waals surface area (Å²) in [5.41, 5.74) is 1.87. The van der Waals surface area contributed by atoms with Gasteiger partial charge in [-0.25, -0.2) is 0 Å². The van der Waals surface area contributed by atoms with Gasteiger partial charge in [0.15, 0.2) is 0 Å². The zero-order valence-electron chi connectivity index (χ0n) is 5.99. The summed E-state index contributed by atoms with van der Waals surface area (Å²) < 4.78 is 0. The number of hydrogen-bond donors (Lipinski definition) is 0. The highest BCUT2D eigenvalue weighted by Crippen LogP contribution is 2.56. The largest absolute Gasteiger partial charge is 0.0996 e. The molecule has 0 amide bonds. The Hall–Kier alpha value is -0.260. The third kappa shape index (κ3) is 0.594. The summed E-state index contributed by atoms with van der Waals surface area (Å²) in [5.74, 6) is 0.889. The van der Waals surface area contributed by atoms with Crippen LogP contribution in [-0.2, 0) is 0 Å². The van der Waals surface area contributed by atoms with Crippen molar-refractivity contribution in [2.75, 3.05) is 0 Å². The Morgan fingerprint density at radius 3 is 2.12 bits per heavy atom. The minimum Gasteiger partial charge on any atom is -0.0996 e. The molecule has 2 atom stereocenters. The van der Waals surface area contributed by atoms with Gasteiger partial charge in [0.1, 0.15) is 0 Å². The van der Waals surface area contributed by atoms with Crippen molar-refractivity contribution in [3.63, 3.8) is 0 Å². The van der Waals surface area contributed by atoms with E-state index in [2.05, 4.69) is 27.4 Å². The van der Waals surface area contributed by atoms with Crippen LogP contribution in [0.1, 0.15) is 27.2 Å². The molecule has 1 saturated carbocycles. The van der Waals surface area contributed by atoms with Crippen molar-refractivity contribution in [2.24, 2.45) is 11.3 Å². The molecule has 1 aliphatic carbocycles. The molecule has 8 heavy (non-hydrogen) atoms. The van der Waals surface area contributed by atoms with Crippen LogP contribution in [0.25, 0.3) is 0 Å². The van der Waals surface area contributed by atoms with E-state index in [1.807, 2.05) is 0 Å². The van der Waals surface area contributed by atoms with Crippen LogP contribution in [0.4, 0.5) is 0 Å². The van der Waals surface area contributed by atoms with Crippen LogP contribution in [0.15, 0.2) is 12.2 Å². The van der Waals surface area contributed by atoms with Crippen LogP contribution in [0, 0.1) is 11.3 Å². The Bertz CT molecular complexity index is 124. The zero-order valence-corrected chi connectivity index (χ0v) is 5.99. The molecule has 46 valence electrons. The monoisotopic (exact) mass is 110 g/mol. The predicted molar refractivity (Wildman–Crippen MR) is 36.7 cm³/mol. The fraction of sp³-hybridized carbons (Fsp3) is 0.750. The second-order valence-electron chi connectivity index (χ2n) is 3.30. The maximum atomic E-state index is 3.94. The molecule has 0 aromatic rings. The van der Waals surface area contributed by atoms with Crippen molar-refractivity contribution in [1.82, 2.24) is 0 Å². The Morgan fingerprint density at radius 1 is 1.75 bits per heavy atom. The van der Waals surface area contributed by atoms with Gasteiger partial charge < -0.3 is 0 Å². The van der Waals surface area contributed by atoms with E-state index in [1.165, 1.54) is 12.0 Å². The highest BCUT2D eigenvalue weighted by Gasteiger charge is 2.46. The van der Waals surface area contributed by atoms with Crippen molar-refractivity contribution < 1.29 is 0 Å². The molecule has 1 aliphatic rings. The maximum Gasteiger partial charge on any atom is -0.00931 e. The smallest absolute Gasteiger partial charge is 0.00931 e. The molecular formula is C8H14. The van der Waals surface area contributed by atoms with Crippen LogP contribution in [0.2, 0.25) is 0 Å². The van der Waals surface area contributed by atoms with E-state index in [-0.39, 0.29) is 0 Å².